The number of hydrogen-bond donors (Lipinski definition) is 1. The Morgan fingerprint density at radius 2 is 1.11 bits per heavy atom. The van der Waals surface area contributed by atoms with Crippen molar-refractivity contribution in [3.05, 3.63) is 11.1 Å². The molecule has 0 radical (unpaired) electrons. The van der Waals surface area contributed by atoms with Crippen molar-refractivity contribution in [1.29, 1.82) is 0 Å². The lowest BCUT2D eigenvalue weighted by Crippen LogP contribution is -2.19. The summed E-state index contributed by atoms with van der Waals surface area (Å²) in [6.07, 6.45) is 20.9. The van der Waals surface area contributed by atoms with E-state index in [0.29, 0.717) is 5.57 Å². The lowest BCUT2D eigenvalue weighted by Gasteiger charge is -2.29. The van der Waals surface area contributed by atoms with Gasteiger partial charge in [0.2, 0.25) is 0 Å². The summed E-state index contributed by atoms with van der Waals surface area (Å²) < 4.78 is 0. The van der Waals surface area contributed by atoms with Crippen LogP contribution in [0.3, 0.4) is 0 Å². The van der Waals surface area contributed by atoms with Crippen LogP contribution in [-0.4, -0.2) is 11.1 Å². The Labute approximate surface area is 170 Å². The number of carbonyl (C=O) groups is 1. The number of allylic oxidation sites excluding steroid dienone is 1. The number of carboxylic acid groups (broad SMARTS) is 1. The van der Waals surface area contributed by atoms with Crippen LogP contribution in [0.2, 0.25) is 0 Å². The van der Waals surface area contributed by atoms with Gasteiger partial charge in [-0.15, -0.1) is 0 Å². The van der Waals surface area contributed by atoms with Crippen LogP contribution in [0.25, 0.3) is 0 Å². The highest BCUT2D eigenvalue weighted by Gasteiger charge is 2.26. The van der Waals surface area contributed by atoms with Crippen LogP contribution in [0.4, 0.5) is 0 Å². The van der Waals surface area contributed by atoms with E-state index in [1.54, 1.807) is 6.92 Å². The third kappa shape index (κ3) is 13.1. The number of carboxylic acids is 1. The second-order valence-electron chi connectivity index (χ2n) is 9.04. The van der Waals surface area contributed by atoms with Gasteiger partial charge in [-0.3, -0.25) is 0 Å². The van der Waals surface area contributed by atoms with Gasteiger partial charge >= 0.3 is 5.97 Å². The van der Waals surface area contributed by atoms with Gasteiger partial charge in [-0.25, -0.2) is 4.79 Å². The van der Waals surface area contributed by atoms with Gasteiger partial charge < -0.3 is 5.11 Å². The molecule has 0 saturated carbocycles. The minimum atomic E-state index is -0.753. The second-order valence-corrected chi connectivity index (χ2v) is 9.04. The molecule has 2 nitrogen and oxygen atoms in total. The van der Waals surface area contributed by atoms with E-state index in [-0.39, 0.29) is 5.41 Å². The molecule has 0 aliphatic heterocycles. The fourth-order valence-corrected chi connectivity index (χ4v) is 4.15. The van der Waals surface area contributed by atoms with Gasteiger partial charge in [-0.05, 0) is 25.2 Å². The molecule has 0 aliphatic carbocycles. The van der Waals surface area contributed by atoms with Crippen LogP contribution in [0.5, 0.6) is 0 Å². The van der Waals surface area contributed by atoms with Gasteiger partial charge in [0.25, 0.3) is 0 Å². The molecule has 0 bridgehead atoms. The molecule has 0 amide bonds. The van der Waals surface area contributed by atoms with E-state index in [1.165, 1.54) is 83.5 Å². The van der Waals surface area contributed by atoms with E-state index in [0.717, 1.165) is 24.8 Å². The highest BCUT2D eigenvalue weighted by molar-refractivity contribution is 5.87. The fraction of sp³-hybridized carbons (Fsp3) is 0.880. The maximum absolute atomic E-state index is 11.4. The van der Waals surface area contributed by atoms with Crippen molar-refractivity contribution in [1.82, 2.24) is 0 Å². The Morgan fingerprint density at radius 1 is 0.704 bits per heavy atom. The third-order valence-corrected chi connectivity index (χ3v) is 6.00. The first kappa shape index (κ1) is 26.2. The number of unbranched alkanes of at least 4 members (excludes halogenated alkanes) is 12. The minimum absolute atomic E-state index is 0.0102. The number of rotatable bonds is 18. The molecule has 0 spiro atoms. The summed E-state index contributed by atoms with van der Waals surface area (Å²) in [7, 11) is 0. The molecule has 0 aromatic rings. The summed E-state index contributed by atoms with van der Waals surface area (Å²) in [5, 5.41) is 9.37. The Kier molecular flexibility index (Phi) is 15.7. The molecular weight excluding hydrogens is 332 g/mol. The molecule has 0 unspecified atom stereocenters. The quantitative estimate of drug-likeness (QED) is 0.191. The molecule has 0 heterocycles. The summed E-state index contributed by atoms with van der Waals surface area (Å²) in [5.74, 6) is -0.753. The Balaban J connectivity index is 3.84. The minimum Gasteiger partial charge on any atom is -0.478 e. The molecular formula is C25H48O2. The monoisotopic (exact) mass is 380 g/mol. The van der Waals surface area contributed by atoms with E-state index in [1.807, 2.05) is 0 Å². The summed E-state index contributed by atoms with van der Waals surface area (Å²) in [6, 6.07) is 0. The van der Waals surface area contributed by atoms with Crippen LogP contribution in [-0.2, 0) is 4.79 Å². The predicted octanol–water partition coefficient (Wildman–Crippen LogP) is 8.70. The molecule has 0 aromatic carbocycles. The zero-order valence-electron chi connectivity index (χ0n) is 19.2. The largest absolute Gasteiger partial charge is 0.478 e. The standard InChI is InChI=1S/C25H48O2/c1-6-8-9-10-11-12-13-14-15-16-17-18-19-21-25(4,5)23(20-7-2)22(3)24(26)27/h6-21H2,1-5H3,(H,26,27)/b23-22+. The molecule has 160 valence electrons. The summed E-state index contributed by atoms with van der Waals surface area (Å²) in [5.41, 5.74) is 1.73. The zero-order valence-corrected chi connectivity index (χ0v) is 19.2. The molecule has 0 aliphatic rings. The second kappa shape index (κ2) is 16.2. The lowest BCUT2D eigenvalue weighted by molar-refractivity contribution is -0.132. The first-order valence-electron chi connectivity index (χ1n) is 11.8. The molecule has 0 atom stereocenters. The zero-order chi connectivity index (χ0) is 20.5. The van der Waals surface area contributed by atoms with Crippen molar-refractivity contribution in [3.8, 4) is 0 Å². The Bertz CT molecular complexity index is 407. The van der Waals surface area contributed by atoms with Crippen LogP contribution < -0.4 is 0 Å². The number of aliphatic carboxylic acids is 1. The highest BCUT2D eigenvalue weighted by Crippen LogP contribution is 2.37. The van der Waals surface area contributed by atoms with Crippen LogP contribution >= 0.6 is 0 Å². The van der Waals surface area contributed by atoms with E-state index < -0.39 is 5.97 Å². The van der Waals surface area contributed by atoms with Crippen molar-refractivity contribution in [2.75, 3.05) is 0 Å². The average molecular weight is 381 g/mol. The van der Waals surface area contributed by atoms with E-state index in [4.69, 9.17) is 0 Å². The van der Waals surface area contributed by atoms with Gasteiger partial charge in [0.1, 0.15) is 0 Å². The molecule has 0 aromatic heterocycles. The first-order chi connectivity index (χ1) is 12.9. The van der Waals surface area contributed by atoms with Gasteiger partial charge in [-0.2, -0.15) is 0 Å². The maximum atomic E-state index is 11.4. The Hall–Kier alpha value is -0.790. The van der Waals surface area contributed by atoms with Crippen molar-refractivity contribution in [3.63, 3.8) is 0 Å². The molecule has 27 heavy (non-hydrogen) atoms. The average Bonchev–Trinajstić information content (AvgIpc) is 2.62. The Morgan fingerprint density at radius 3 is 1.48 bits per heavy atom. The SMILES string of the molecule is CCCCCCCCCCCCCCCC(C)(C)/C(CCC)=C(\C)C(=O)O. The molecule has 0 rings (SSSR count). The van der Waals surface area contributed by atoms with Crippen molar-refractivity contribution in [2.24, 2.45) is 5.41 Å². The van der Waals surface area contributed by atoms with Gasteiger partial charge in [-0.1, -0.05) is 123 Å². The van der Waals surface area contributed by atoms with Crippen molar-refractivity contribution >= 4 is 5.97 Å². The first-order valence-corrected chi connectivity index (χ1v) is 11.8. The van der Waals surface area contributed by atoms with Gasteiger partial charge in [0.05, 0.1) is 0 Å². The van der Waals surface area contributed by atoms with Gasteiger partial charge in [0.15, 0.2) is 0 Å². The lowest BCUT2D eigenvalue weighted by atomic mass is 9.75. The van der Waals surface area contributed by atoms with Gasteiger partial charge in [0, 0.05) is 5.57 Å². The molecule has 1 N–H and O–H groups in total. The number of hydrogen-bond acceptors (Lipinski definition) is 1. The van der Waals surface area contributed by atoms with E-state index >= 15 is 0 Å². The van der Waals surface area contributed by atoms with Crippen LogP contribution in [0.15, 0.2) is 11.1 Å². The van der Waals surface area contributed by atoms with E-state index in [9.17, 15) is 9.90 Å². The predicted molar refractivity (Wildman–Crippen MR) is 119 cm³/mol. The van der Waals surface area contributed by atoms with Crippen molar-refractivity contribution in [2.45, 2.75) is 137 Å². The normalized spacial score (nSPS) is 12.9. The summed E-state index contributed by atoms with van der Waals surface area (Å²) in [4.78, 5) is 11.4. The smallest absolute Gasteiger partial charge is 0.331 e. The molecule has 0 fully saturated rings. The summed E-state index contributed by atoms with van der Waals surface area (Å²) >= 11 is 0. The summed E-state index contributed by atoms with van der Waals surface area (Å²) in [6.45, 7) is 10.6. The topological polar surface area (TPSA) is 37.3 Å². The highest BCUT2D eigenvalue weighted by atomic mass is 16.4. The third-order valence-electron chi connectivity index (χ3n) is 6.00. The molecule has 2 heteroatoms. The van der Waals surface area contributed by atoms with E-state index in [2.05, 4.69) is 27.7 Å². The van der Waals surface area contributed by atoms with Crippen LogP contribution in [0, 0.1) is 5.41 Å². The molecule has 0 saturated heterocycles. The maximum Gasteiger partial charge on any atom is 0.331 e. The fourth-order valence-electron chi connectivity index (χ4n) is 4.15. The van der Waals surface area contributed by atoms with Crippen molar-refractivity contribution < 1.29 is 9.90 Å². The van der Waals surface area contributed by atoms with Crippen LogP contribution in [0.1, 0.15) is 137 Å².